The lowest BCUT2D eigenvalue weighted by Crippen LogP contribution is -2.34. The van der Waals surface area contributed by atoms with E-state index in [9.17, 15) is 4.79 Å². The van der Waals surface area contributed by atoms with Crippen LogP contribution in [0, 0.1) is 12.3 Å². The summed E-state index contributed by atoms with van der Waals surface area (Å²) >= 11 is 3.54. The molecule has 30 heavy (non-hydrogen) atoms. The van der Waals surface area contributed by atoms with Crippen molar-refractivity contribution in [1.29, 1.82) is 0 Å². The molecule has 2 aromatic carbocycles. The lowest BCUT2D eigenvalue weighted by atomic mass is 9.69. The van der Waals surface area contributed by atoms with Crippen LogP contribution in [0.5, 0.6) is 0 Å². The van der Waals surface area contributed by atoms with E-state index in [0.29, 0.717) is 6.42 Å². The number of anilines is 1. The van der Waals surface area contributed by atoms with Crippen molar-refractivity contribution in [3.63, 3.8) is 0 Å². The molecule has 152 valence electrons. The van der Waals surface area contributed by atoms with Crippen LogP contribution >= 0.6 is 15.9 Å². The van der Waals surface area contributed by atoms with Crippen LogP contribution in [0.3, 0.4) is 0 Å². The van der Waals surface area contributed by atoms with Gasteiger partial charge in [-0.15, -0.1) is 0 Å². The number of fused-ring (bicyclic) bond motifs is 1. The molecule has 5 heteroatoms. The molecule has 4 nitrogen and oxygen atoms in total. The van der Waals surface area contributed by atoms with Gasteiger partial charge in [-0.2, -0.15) is 5.10 Å². The summed E-state index contributed by atoms with van der Waals surface area (Å²) < 4.78 is 3.01. The molecule has 0 saturated carbocycles. The summed E-state index contributed by atoms with van der Waals surface area (Å²) in [5.74, 6) is 1.10. The van der Waals surface area contributed by atoms with Gasteiger partial charge in [-0.25, -0.2) is 4.68 Å². The Morgan fingerprint density at radius 1 is 1.07 bits per heavy atom. The van der Waals surface area contributed by atoms with Gasteiger partial charge in [0.2, 0.25) is 0 Å². The summed E-state index contributed by atoms with van der Waals surface area (Å²) in [5, 5.41) is 8.52. The minimum absolute atomic E-state index is 0.0582. The van der Waals surface area contributed by atoms with Gasteiger partial charge in [-0.1, -0.05) is 60.1 Å². The normalized spacial score (nSPS) is 19.9. The third-order valence-electron chi connectivity index (χ3n) is 6.08. The van der Waals surface area contributed by atoms with E-state index < -0.39 is 0 Å². The molecule has 2 heterocycles. The van der Waals surface area contributed by atoms with Crippen LogP contribution in [0.25, 0.3) is 5.69 Å². The van der Waals surface area contributed by atoms with E-state index in [0.717, 1.165) is 50.5 Å². The number of Topliss-reactive ketones (excluding diaryl/α,β-unsaturated/α-hetero) is 1. The highest BCUT2D eigenvalue weighted by Gasteiger charge is 2.42. The van der Waals surface area contributed by atoms with Crippen molar-refractivity contribution >= 4 is 27.5 Å². The summed E-state index contributed by atoms with van der Waals surface area (Å²) in [6.45, 7) is 6.37. The van der Waals surface area contributed by atoms with Crippen molar-refractivity contribution < 1.29 is 4.79 Å². The number of halogens is 1. The van der Waals surface area contributed by atoms with Crippen molar-refractivity contribution in [2.75, 3.05) is 5.32 Å². The minimum atomic E-state index is -0.106. The van der Waals surface area contributed by atoms with Crippen molar-refractivity contribution in [1.82, 2.24) is 9.78 Å². The Morgan fingerprint density at radius 3 is 2.47 bits per heavy atom. The Hall–Kier alpha value is -2.66. The van der Waals surface area contributed by atoms with E-state index in [1.165, 1.54) is 0 Å². The van der Waals surface area contributed by atoms with Gasteiger partial charge in [-0.05, 0) is 48.6 Å². The van der Waals surface area contributed by atoms with Crippen LogP contribution < -0.4 is 5.32 Å². The fourth-order valence-electron chi connectivity index (χ4n) is 4.82. The minimum Gasteiger partial charge on any atom is -0.343 e. The zero-order valence-corrected chi connectivity index (χ0v) is 19.0. The molecule has 1 aromatic heterocycles. The van der Waals surface area contributed by atoms with Crippen molar-refractivity contribution in [3.05, 3.63) is 87.2 Å². The third-order valence-corrected chi connectivity index (χ3v) is 6.61. The Morgan fingerprint density at radius 2 is 1.77 bits per heavy atom. The number of para-hydroxylation sites is 1. The van der Waals surface area contributed by atoms with Crippen LogP contribution in [0.1, 0.15) is 49.4 Å². The number of nitrogens with zero attached hydrogens (tertiary/aromatic N) is 2. The second kappa shape index (κ2) is 6.95. The number of benzene rings is 2. The highest BCUT2D eigenvalue weighted by molar-refractivity contribution is 9.10. The number of aromatic nitrogens is 2. The SMILES string of the molecule is Cc1nn(-c2ccccc2)c2c1[C@H](c1ccc(Br)cc1)C1=C(CC(C)(C)CC1=O)N2. The second-order valence-electron chi connectivity index (χ2n) is 9.04. The number of nitrogens with one attached hydrogen (secondary N) is 1. The highest BCUT2D eigenvalue weighted by Crippen LogP contribution is 2.50. The van der Waals surface area contributed by atoms with Gasteiger partial charge in [0.25, 0.3) is 0 Å². The first-order valence-electron chi connectivity index (χ1n) is 10.3. The molecule has 0 unspecified atom stereocenters. The molecule has 5 rings (SSSR count). The Labute approximate surface area is 185 Å². The number of hydrogen-bond acceptors (Lipinski definition) is 3. The Bertz CT molecular complexity index is 1170. The summed E-state index contributed by atoms with van der Waals surface area (Å²) in [6, 6.07) is 18.5. The van der Waals surface area contributed by atoms with Gasteiger partial charge in [0.15, 0.2) is 5.78 Å². The molecular weight excluding hydrogens is 438 g/mol. The van der Waals surface area contributed by atoms with Crippen molar-refractivity contribution in [3.8, 4) is 5.69 Å². The van der Waals surface area contributed by atoms with Crippen LogP contribution in [-0.4, -0.2) is 15.6 Å². The Kier molecular flexibility index (Phi) is 4.47. The molecule has 0 spiro atoms. The number of carbonyl (C=O) groups is 1. The lowest BCUT2D eigenvalue weighted by molar-refractivity contribution is -0.118. The van der Waals surface area contributed by atoms with E-state index in [1.807, 2.05) is 41.9 Å². The maximum Gasteiger partial charge on any atom is 0.162 e. The standard InChI is InChI=1S/C25H24BrN3O/c1-15-21-22(16-9-11-17(26)12-10-16)23-19(13-25(2,3)14-20(23)30)27-24(21)29(28-15)18-7-5-4-6-8-18/h4-12,22,27H,13-14H2,1-3H3/t22-/m0/s1. The van der Waals surface area contributed by atoms with Gasteiger partial charge in [-0.3, -0.25) is 4.79 Å². The third kappa shape index (κ3) is 3.12. The number of aryl methyl sites for hydroxylation is 1. The molecule has 1 N–H and O–H groups in total. The Balaban J connectivity index is 1.76. The van der Waals surface area contributed by atoms with E-state index in [4.69, 9.17) is 5.10 Å². The number of hydrogen-bond donors (Lipinski definition) is 1. The van der Waals surface area contributed by atoms with Crippen LogP contribution in [0.15, 0.2) is 70.3 Å². The second-order valence-corrected chi connectivity index (χ2v) is 9.95. The summed E-state index contributed by atoms with van der Waals surface area (Å²) in [6.07, 6.45) is 1.42. The smallest absolute Gasteiger partial charge is 0.162 e. The lowest BCUT2D eigenvalue weighted by Gasteiger charge is -2.38. The first kappa shape index (κ1) is 19.3. The summed E-state index contributed by atoms with van der Waals surface area (Å²) in [5.41, 5.74) is 6.05. The molecule has 1 aliphatic heterocycles. The maximum atomic E-state index is 13.4. The average Bonchev–Trinajstić information content (AvgIpc) is 3.03. The van der Waals surface area contributed by atoms with Gasteiger partial charge in [0.05, 0.1) is 11.4 Å². The molecule has 1 aliphatic carbocycles. The average molecular weight is 462 g/mol. The van der Waals surface area contributed by atoms with E-state index >= 15 is 0 Å². The molecule has 0 saturated heterocycles. The summed E-state index contributed by atoms with van der Waals surface area (Å²) in [7, 11) is 0. The molecule has 2 aliphatic rings. The number of rotatable bonds is 2. The molecule has 0 bridgehead atoms. The topological polar surface area (TPSA) is 46.9 Å². The number of carbonyl (C=O) groups excluding carboxylic acids is 1. The van der Waals surface area contributed by atoms with Gasteiger partial charge in [0, 0.05) is 33.6 Å². The zero-order valence-electron chi connectivity index (χ0n) is 17.4. The van der Waals surface area contributed by atoms with Crippen molar-refractivity contribution in [2.24, 2.45) is 5.41 Å². The number of allylic oxidation sites excluding steroid dienone is 2. The van der Waals surface area contributed by atoms with Crippen molar-refractivity contribution in [2.45, 2.75) is 39.5 Å². The number of ketones is 1. The fraction of sp³-hybridized carbons (Fsp3) is 0.280. The zero-order chi connectivity index (χ0) is 21.0. The molecular formula is C25H24BrN3O. The predicted octanol–water partition coefficient (Wildman–Crippen LogP) is 6.14. The fourth-order valence-corrected chi connectivity index (χ4v) is 5.08. The highest BCUT2D eigenvalue weighted by atomic mass is 79.9. The molecule has 0 fully saturated rings. The first-order valence-corrected chi connectivity index (χ1v) is 11.1. The predicted molar refractivity (Wildman–Crippen MR) is 123 cm³/mol. The quantitative estimate of drug-likeness (QED) is 0.498. The van der Waals surface area contributed by atoms with E-state index in [1.54, 1.807) is 0 Å². The van der Waals surface area contributed by atoms with Gasteiger partial charge in [0.1, 0.15) is 5.82 Å². The summed E-state index contributed by atoms with van der Waals surface area (Å²) in [4.78, 5) is 13.4. The van der Waals surface area contributed by atoms with Crippen LogP contribution in [-0.2, 0) is 4.79 Å². The molecule has 0 radical (unpaired) electrons. The van der Waals surface area contributed by atoms with Gasteiger partial charge >= 0.3 is 0 Å². The maximum absolute atomic E-state index is 13.4. The molecule has 1 atom stereocenters. The monoisotopic (exact) mass is 461 g/mol. The van der Waals surface area contributed by atoms with Gasteiger partial charge < -0.3 is 5.32 Å². The van der Waals surface area contributed by atoms with Crippen LogP contribution in [0.4, 0.5) is 5.82 Å². The molecule has 0 amide bonds. The largest absolute Gasteiger partial charge is 0.343 e. The van der Waals surface area contributed by atoms with E-state index in [2.05, 4.69) is 59.4 Å². The molecule has 3 aromatic rings. The van der Waals surface area contributed by atoms with E-state index in [-0.39, 0.29) is 17.1 Å². The first-order chi connectivity index (χ1) is 14.3. The van der Waals surface area contributed by atoms with Crippen LogP contribution in [0.2, 0.25) is 0 Å².